The van der Waals surface area contributed by atoms with Crippen LogP contribution in [0.25, 0.3) is 11.0 Å². The summed E-state index contributed by atoms with van der Waals surface area (Å²) in [4.78, 5) is 19.1. The number of hydrogen-bond acceptors (Lipinski definition) is 5. The molecule has 1 saturated heterocycles. The number of nitrogens with one attached hydrogen (secondary N) is 1. The molecule has 3 aromatic rings. The molecule has 0 bridgehead atoms. The minimum atomic E-state index is -0.140. The largest absolute Gasteiger partial charge is 0.461 e. The second kappa shape index (κ2) is 6.33. The van der Waals surface area contributed by atoms with Crippen molar-refractivity contribution < 1.29 is 13.9 Å². The van der Waals surface area contributed by atoms with Crippen LogP contribution < -0.4 is 0 Å². The van der Waals surface area contributed by atoms with E-state index in [-0.39, 0.29) is 18.1 Å². The van der Waals surface area contributed by atoms with Gasteiger partial charge < -0.3 is 14.1 Å². The summed E-state index contributed by atoms with van der Waals surface area (Å²) in [5, 5.41) is 7.78. The minimum Gasteiger partial charge on any atom is -0.461 e. The number of carbonyl (C=O) groups excluding carboxylic acids is 1. The number of benzene rings is 1. The number of methoxy groups -OCH3 is 1. The Hall–Kier alpha value is -2.67. The van der Waals surface area contributed by atoms with E-state index < -0.39 is 0 Å². The number of likely N-dealkylation sites (tertiary alicyclic amines) is 1. The van der Waals surface area contributed by atoms with Gasteiger partial charge in [0.25, 0.3) is 0 Å². The molecule has 25 heavy (non-hydrogen) atoms. The first-order valence-corrected chi connectivity index (χ1v) is 8.32. The molecule has 2 aromatic heterocycles. The van der Waals surface area contributed by atoms with Gasteiger partial charge in [0.2, 0.25) is 5.91 Å². The summed E-state index contributed by atoms with van der Waals surface area (Å²) < 4.78 is 11.3. The normalized spacial score (nSPS) is 20.5. The lowest BCUT2D eigenvalue weighted by Gasteiger charge is -2.22. The number of rotatable bonds is 4. The van der Waals surface area contributed by atoms with Crippen molar-refractivity contribution >= 4 is 16.9 Å². The molecule has 130 valence electrons. The third kappa shape index (κ3) is 2.80. The molecule has 1 fully saturated rings. The minimum absolute atomic E-state index is 0.00115. The second-order valence-corrected chi connectivity index (χ2v) is 6.34. The summed E-state index contributed by atoms with van der Waals surface area (Å²) in [7, 11) is 1.67. The number of furan rings is 1. The number of ether oxygens (including phenoxy) is 1. The zero-order valence-corrected chi connectivity index (χ0v) is 14.2. The summed E-state index contributed by atoms with van der Waals surface area (Å²) in [6.45, 7) is 2.45. The van der Waals surface area contributed by atoms with Crippen LogP contribution in [0.1, 0.15) is 29.6 Å². The summed E-state index contributed by atoms with van der Waals surface area (Å²) in [5.41, 5.74) is 1.75. The van der Waals surface area contributed by atoms with Gasteiger partial charge in [0.05, 0.1) is 18.6 Å². The molecule has 7 heteroatoms. The number of H-pyrrole nitrogens is 1. The number of hydrogen-bond donors (Lipinski definition) is 1. The lowest BCUT2D eigenvalue weighted by molar-refractivity contribution is -0.131. The monoisotopic (exact) mass is 340 g/mol. The molecule has 4 rings (SSSR count). The second-order valence-electron chi connectivity index (χ2n) is 6.34. The molecule has 1 aliphatic rings. The first kappa shape index (κ1) is 15.8. The highest BCUT2D eigenvalue weighted by atomic mass is 16.5. The predicted molar refractivity (Wildman–Crippen MR) is 90.9 cm³/mol. The van der Waals surface area contributed by atoms with Crippen LogP contribution >= 0.6 is 0 Å². The highest BCUT2D eigenvalue weighted by Gasteiger charge is 2.38. The standard InChI is InChI=1S/C18H20N4O3/c1-11-14(13-5-3-4-6-16(13)25-11)8-17(23)22-9-12(24-2)7-15(22)18-19-10-20-21-18/h3-6,10,12,15H,7-9H2,1-2H3,(H,19,20,21)/t12-,15+/m1/s1. The van der Waals surface area contributed by atoms with E-state index in [0.717, 1.165) is 22.3 Å². The van der Waals surface area contributed by atoms with E-state index in [4.69, 9.17) is 9.15 Å². The van der Waals surface area contributed by atoms with Gasteiger partial charge in [-0.3, -0.25) is 9.89 Å². The van der Waals surface area contributed by atoms with Gasteiger partial charge in [-0.05, 0) is 13.0 Å². The Morgan fingerprint density at radius 1 is 1.44 bits per heavy atom. The number of nitrogens with zero attached hydrogens (tertiary/aromatic N) is 3. The molecular weight excluding hydrogens is 320 g/mol. The quantitative estimate of drug-likeness (QED) is 0.788. The van der Waals surface area contributed by atoms with Crippen molar-refractivity contribution in [3.63, 3.8) is 0 Å². The van der Waals surface area contributed by atoms with Crippen LogP contribution in [0.4, 0.5) is 0 Å². The Bertz CT molecular complexity index is 887. The SMILES string of the molecule is CO[C@@H]1C[C@@H](c2ncn[nH]2)N(C(=O)Cc2c(C)oc3ccccc23)C1. The molecule has 0 saturated carbocycles. The number of amides is 1. The number of fused-ring (bicyclic) bond motifs is 1. The number of aryl methyl sites for hydroxylation is 1. The van der Waals surface area contributed by atoms with E-state index >= 15 is 0 Å². The van der Waals surface area contributed by atoms with Crippen molar-refractivity contribution in [1.82, 2.24) is 20.1 Å². The van der Waals surface area contributed by atoms with Crippen LogP contribution in [0.3, 0.4) is 0 Å². The first-order valence-electron chi connectivity index (χ1n) is 8.32. The van der Waals surface area contributed by atoms with Gasteiger partial charge in [0.1, 0.15) is 23.5 Å². The van der Waals surface area contributed by atoms with Gasteiger partial charge in [0, 0.05) is 31.0 Å². The average Bonchev–Trinajstić information content (AvgIpc) is 3.33. The fourth-order valence-electron chi connectivity index (χ4n) is 3.57. The highest BCUT2D eigenvalue weighted by Crippen LogP contribution is 2.33. The Labute approximate surface area is 145 Å². The number of carbonyl (C=O) groups is 1. The van der Waals surface area contributed by atoms with Crippen LogP contribution in [-0.4, -0.2) is 45.7 Å². The number of aromatic nitrogens is 3. The molecule has 3 heterocycles. The van der Waals surface area contributed by atoms with Crippen LogP contribution in [-0.2, 0) is 16.0 Å². The van der Waals surface area contributed by atoms with Gasteiger partial charge in [-0.2, -0.15) is 5.10 Å². The van der Waals surface area contributed by atoms with E-state index in [2.05, 4.69) is 15.2 Å². The predicted octanol–water partition coefficient (Wildman–Crippen LogP) is 2.39. The van der Waals surface area contributed by atoms with Gasteiger partial charge >= 0.3 is 0 Å². The molecule has 0 radical (unpaired) electrons. The first-order chi connectivity index (χ1) is 12.2. The zero-order chi connectivity index (χ0) is 17.4. The molecule has 1 amide bonds. The highest BCUT2D eigenvalue weighted by molar-refractivity contribution is 5.88. The fourth-order valence-corrected chi connectivity index (χ4v) is 3.57. The molecule has 2 atom stereocenters. The Morgan fingerprint density at radius 2 is 2.28 bits per heavy atom. The smallest absolute Gasteiger partial charge is 0.227 e. The summed E-state index contributed by atoms with van der Waals surface area (Å²) in [6, 6.07) is 7.66. The maximum Gasteiger partial charge on any atom is 0.227 e. The fraction of sp³-hybridized carbons (Fsp3) is 0.389. The van der Waals surface area contributed by atoms with Crippen LogP contribution in [0.2, 0.25) is 0 Å². The van der Waals surface area contributed by atoms with Crippen molar-refractivity contribution in [3.05, 3.63) is 47.7 Å². The summed E-state index contributed by atoms with van der Waals surface area (Å²) in [6.07, 6.45) is 2.47. The van der Waals surface area contributed by atoms with Crippen molar-refractivity contribution in [2.75, 3.05) is 13.7 Å². The van der Waals surface area contributed by atoms with Crippen molar-refractivity contribution in [1.29, 1.82) is 0 Å². The lowest BCUT2D eigenvalue weighted by atomic mass is 10.1. The number of aromatic amines is 1. The van der Waals surface area contributed by atoms with Gasteiger partial charge in [0.15, 0.2) is 0 Å². The maximum atomic E-state index is 13.0. The van der Waals surface area contributed by atoms with E-state index in [0.29, 0.717) is 25.2 Å². The molecule has 0 aliphatic carbocycles. The van der Waals surface area contributed by atoms with Crippen LogP contribution in [0.15, 0.2) is 35.0 Å². The molecule has 1 N–H and O–H groups in total. The molecule has 0 unspecified atom stereocenters. The van der Waals surface area contributed by atoms with Crippen LogP contribution in [0, 0.1) is 6.92 Å². The van der Waals surface area contributed by atoms with Gasteiger partial charge in [-0.25, -0.2) is 4.98 Å². The topological polar surface area (TPSA) is 84.3 Å². The van der Waals surface area contributed by atoms with Gasteiger partial charge in [-0.1, -0.05) is 18.2 Å². The van der Waals surface area contributed by atoms with Crippen molar-refractivity contribution in [2.24, 2.45) is 0 Å². The van der Waals surface area contributed by atoms with E-state index in [1.165, 1.54) is 6.33 Å². The average molecular weight is 340 g/mol. The molecular formula is C18H20N4O3. The summed E-state index contributed by atoms with van der Waals surface area (Å²) >= 11 is 0. The number of para-hydroxylation sites is 1. The molecule has 1 aliphatic heterocycles. The Morgan fingerprint density at radius 3 is 3.04 bits per heavy atom. The van der Waals surface area contributed by atoms with Crippen LogP contribution in [0.5, 0.6) is 0 Å². The van der Waals surface area contributed by atoms with Crippen molar-refractivity contribution in [3.8, 4) is 0 Å². The third-order valence-electron chi connectivity index (χ3n) is 4.89. The van der Waals surface area contributed by atoms with Crippen molar-refractivity contribution in [2.45, 2.75) is 31.9 Å². The third-order valence-corrected chi connectivity index (χ3v) is 4.89. The van der Waals surface area contributed by atoms with E-state index in [1.54, 1.807) is 7.11 Å². The summed E-state index contributed by atoms with van der Waals surface area (Å²) in [5.74, 6) is 1.52. The zero-order valence-electron chi connectivity index (χ0n) is 14.2. The molecule has 1 aromatic carbocycles. The lowest BCUT2D eigenvalue weighted by Crippen LogP contribution is -2.33. The van der Waals surface area contributed by atoms with E-state index in [1.807, 2.05) is 36.1 Å². The van der Waals surface area contributed by atoms with E-state index in [9.17, 15) is 4.79 Å². The maximum absolute atomic E-state index is 13.0. The van der Waals surface area contributed by atoms with Gasteiger partial charge in [-0.15, -0.1) is 0 Å². The molecule has 0 spiro atoms. The Kier molecular flexibility index (Phi) is 4.01. The Balaban J connectivity index is 1.61. The molecule has 7 nitrogen and oxygen atoms in total.